The van der Waals surface area contributed by atoms with E-state index in [1.54, 1.807) is 56.0 Å². The average Bonchev–Trinajstić information content (AvgIpc) is 3.58. The first-order chi connectivity index (χ1) is 19.4. The van der Waals surface area contributed by atoms with Crippen LogP contribution in [-0.4, -0.2) is 44.9 Å². The molecule has 0 spiro atoms. The van der Waals surface area contributed by atoms with Crippen molar-refractivity contribution >= 4 is 17.4 Å². The smallest absolute Gasteiger partial charge is 0.295 e. The number of ketones is 1. The highest BCUT2D eigenvalue weighted by atomic mass is 16.5. The number of carbonyl (C=O) groups excluding carboxylic acids is 2. The highest BCUT2D eigenvalue weighted by Gasteiger charge is 2.45. The number of nitrogens with zero attached hydrogens (tertiary/aromatic N) is 3. The number of hydrogen-bond donors (Lipinski definition) is 1. The summed E-state index contributed by atoms with van der Waals surface area (Å²) in [5.41, 5.74) is 3.41. The molecule has 0 radical (unpaired) electrons. The highest BCUT2D eigenvalue weighted by molar-refractivity contribution is 6.46. The Labute approximate surface area is 233 Å². The van der Waals surface area contributed by atoms with Crippen LogP contribution in [0.2, 0.25) is 0 Å². The van der Waals surface area contributed by atoms with Crippen molar-refractivity contribution in [1.29, 1.82) is 0 Å². The number of carbonyl (C=O) groups is 2. The molecule has 8 nitrogen and oxygen atoms in total. The van der Waals surface area contributed by atoms with Gasteiger partial charge in [0.05, 0.1) is 25.1 Å². The molecule has 1 unspecified atom stereocenters. The second kappa shape index (κ2) is 11.9. The second-order valence-corrected chi connectivity index (χ2v) is 9.72. The van der Waals surface area contributed by atoms with Gasteiger partial charge < -0.3 is 24.0 Å². The normalized spacial score (nSPS) is 16.4. The SMILES string of the molecule is COc1ccc(C2C(=C(O)c3ccc(OCc4cccc(C)c4)cc3)C(=O)C(=O)N2CCCn2ccnc2)cc1. The van der Waals surface area contributed by atoms with Crippen molar-refractivity contribution < 1.29 is 24.2 Å². The largest absolute Gasteiger partial charge is 0.507 e. The van der Waals surface area contributed by atoms with Crippen molar-refractivity contribution in [2.24, 2.45) is 0 Å². The predicted molar refractivity (Wildman–Crippen MR) is 151 cm³/mol. The van der Waals surface area contributed by atoms with Gasteiger partial charge in [0, 0.05) is 31.0 Å². The molecule has 1 N–H and O–H groups in total. The fraction of sp³-hybridized carbons (Fsp3) is 0.219. The van der Waals surface area contributed by atoms with Gasteiger partial charge in [-0.3, -0.25) is 9.59 Å². The monoisotopic (exact) mass is 537 g/mol. The summed E-state index contributed by atoms with van der Waals surface area (Å²) in [4.78, 5) is 32.1. The number of likely N-dealkylation sites (tertiary alicyclic amines) is 1. The standard InChI is InChI=1S/C32H31N3O5/c1-22-5-3-6-23(19-22)20-40-27-13-9-25(10-14-27)30(36)28-29(24-7-11-26(39-2)12-8-24)35(32(38)31(28)37)17-4-16-34-18-15-33-21-34/h3,5-15,18-19,21,29,36H,4,16-17,20H2,1-2H3. The van der Waals surface area contributed by atoms with E-state index in [9.17, 15) is 14.7 Å². The van der Waals surface area contributed by atoms with Crippen molar-refractivity contribution in [2.45, 2.75) is 32.5 Å². The summed E-state index contributed by atoms with van der Waals surface area (Å²) >= 11 is 0. The van der Waals surface area contributed by atoms with Crippen LogP contribution in [0.25, 0.3) is 5.76 Å². The summed E-state index contributed by atoms with van der Waals surface area (Å²) in [6.07, 6.45) is 5.87. The van der Waals surface area contributed by atoms with E-state index in [-0.39, 0.29) is 11.3 Å². The summed E-state index contributed by atoms with van der Waals surface area (Å²) in [5, 5.41) is 11.4. The van der Waals surface area contributed by atoms with Crippen LogP contribution in [0.4, 0.5) is 0 Å². The Morgan fingerprint density at radius 3 is 2.40 bits per heavy atom. The first-order valence-electron chi connectivity index (χ1n) is 13.1. The molecule has 1 amide bonds. The van der Waals surface area contributed by atoms with E-state index in [1.807, 2.05) is 48.0 Å². The summed E-state index contributed by atoms with van der Waals surface area (Å²) in [6, 6.07) is 21.4. The van der Waals surface area contributed by atoms with Gasteiger partial charge in [-0.1, -0.05) is 42.0 Å². The number of methoxy groups -OCH3 is 1. The van der Waals surface area contributed by atoms with Gasteiger partial charge in [-0.05, 0) is 60.9 Å². The highest BCUT2D eigenvalue weighted by Crippen LogP contribution is 2.40. The molecule has 0 bridgehead atoms. The number of aliphatic hydroxyl groups is 1. The van der Waals surface area contributed by atoms with Crippen LogP contribution in [0.15, 0.2) is 97.1 Å². The van der Waals surface area contributed by atoms with E-state index < -0.39 is 17.7 Å². The molecule has 1 fully saturated rings. The van der Waals surface area contributed by atoms with Crippen LogP contribution in [-0.2, 0) is 22.7 Å². The van der Waals surface area contributed by atoms with Crippen LogP contribution >= 0.6 is 0 Å². The lowest BCUT2D eigenvalue weighted by molar-refractivity contribution is -0.139. The van der Waals surface area contributed by atoms with Crippen LogP contribution in [0.5, 0.6) is 11.5 Å². The number of rotatable bonds is 10. The van der Waals surface area contributed by atoms with Gasteiger partial charge in [-0.25, -0.2) is 4.98 Å². The summed E-state index contributed by atoms with van der Waals surface area (Å²) < 4.78 is 13.1. The number of ether oxygens (including phenoxy) is 2. The zero-order valence-corrected chi connectivity index (χ0v) is 22.5. The maximum Gasteiger partial charge on any atom is 0.295 e. The minimum atomic E-state index is -0.731. The Bertz CT molecular complexity index is 1510. The topological polar surface area (TPSA) is 93.9 Å². The fourth-order valence-corrected chi connectivity index (χ4v) is 4.92. The number of hydrogen-bond acceptors (Lipinski definition) is 6. The zero-order valence-electron chi connectivity index (χ0n) is 22.5. The van der Waals surface area contributed by atoms with Gasteiger partial charge in [0.25, 0.3) is 11.7 Å². The number of amides is 1. The lowest BCUT2D eigenvalue weighted by atomic mass is 9.95. The summed E-state index contributed by atoms with van der Waals surface area (Å²) in [6.45, 7) is 3.42. The molecule has 1 aromatic heterocycles. The molecule has 5 rings (SSSR count). The van der Waals surface area contributed by atoms with Crippen LogP contribution in [0.3, 0.4) is 0 Å². The number of Topliss-reactive ketones (excluding diaryl/α,β-unsaturated/α-hetero) is 1. The van der Waals surface area contributed by atoms with E-state index >= 15 is 0 Å². The number of imidazole rings is 1. The Morgan fingerprint density at radius 1 is 0.975 bits per heavy atom. The first kappa shape index (κ1) is 26.7. The van der Waals surface area contributed by atoms with E-state index in [2.05, 4.69) is 11.1 Å². The quantitative estimate of drug-likeness (QED) is 0.168. The van der Waals surface area contributed by atoms with E-state index in [4.69, 9.17) is 9.47 Å². The second-order valence-electron chi connectivity index (χ2n) is 9.72. The van der Waals surface area contributed by atoms with Gasteiger partial charge in [0.2, 0.25) is 0 Å². The molecule has 8 heteroatoms. The fourth-order valence-electron chi connectivity index (χ4n) is 4.92. The van der Waals surface area contributed by atoms with Crippen LogP contribution in [0, 0.1) is 6.92 Å². The third-order valence-electron chi connectivity index (χ3n) is 6.96. The van der Waals surface area contributed by atoms with E-state index in [0.29, 0.717) is 48.7 Å². The molecule has 3 aromatic carbocycles. The molecular formula is C32H31N3O5. The lowest BCUT2D eigenvalue weighted by Crippen LogP contribution is -2.31. The molecule has 2 heterocycles. The predicted octanol–water partition coefficient (Wildman–Crippen LogP) is 5.29. The molecular weight excluding hydrogens is 506 g/mol. The zero-order chi connectivity index (χ0) is 28.1. The third-order valence-corrected chi connectivity index (χ3v) is 6.96. The molecule has 0 saturated carbocycles. The molecule has 4 aromatic rings. The van der Waals surface area contributed by atoms with Crippen molar-refractivity contribution in [3.8, 4) is 11.5 Å². The Kier molecular flexibility index (Phi) is 7.96. The average molecular weight is 538 g/mol. The third kappa shape index (κ3) is 5.76. The number of benzene rings is 3. The first-order valence-corrected chi connectivity index (χ1v) is 13.1. The molecule has 1 aliphatic heterocycles. The lowest BCUT2D eigenvalue weighted by Gasteiger charge is -2.25. The number of aliphatic hydroxyl groups excluding tert-OH is 1. The minimum Gasteiger partial charge on any atom is -0.507 e. The molecule has 1 saturated heterocycles. The molecule has 0 aliphatic carbocycles. The van der Waals surface area contributed by atoms with Crippen molar-refractivity contribution in [2.75, 3.05) is 13.7 Å². The van der Waals surface area contributed by atoms with Crippen molar-refractivity contribution in [3.05, 3.63) is 119 Å². The minimum absolute atomic E-state index is 0.0613. The van der Waals surface area contributed by atoms with E-state index in [1.165, 1.54) is 4.90 Å². The van der Waals surface area contributed by atoms with Gasteiger partial charge in [0.15, 0.2) is 0 Å². The maximum atomic E-state index is 13.3. The maximum absolute atomic E-state index is 13.3. The van der Waals surface area contributed by atoms with Crippen molar-refractivity contribution in [1.82, 2.24) is 14.5 Å². The number of aromatic nitrogens is 2. The van der Waals surface area contributed by atoms with E-state index in [0.717, 1.165) is 11.1 Å². The van der Waals surface area contributed by atoms with Crippen molar-refractivity contribution in [3.63, 3.8) is 0 Å². The Hall–Kier alpha value is -4.85. The molecule has 40 heavy (non-hydrogen) atoms. The van der Waals surface area contributed by atoms with Gasteiger partial charge in [0.1, 0.15) is 23.9 Å². The summed E-state index contributed by atoms with van der Waals surface area (Å²) in [5.74, 6) is -0.278. The van der Waals surface area contributed by atoms with Gasteiger partial charge >= 0.3 is 0 Å². The Balaban J connectivity index is 1.41. The molecule has 1 aliphatic rings. The number of aryl methyl sites for hydroxylation is 2. The Morgan fingerprint density at radius 2 is 1.73 bits per heavy atom. The molecule has 204 valence electrons. The van der Waals surface area contributed by atoms with Crippen LogP contribution in [0.1, 0.15) is 34.7 Å². The van der Waals surface area contributed by atoms with Gasteiger partial charge in [-0.2, -0.15) is 0 Å². The van der Waals surface area contributed by atoms with Gasteiger partial charge in [-0.15, -0.1) is 0 Å². The summed E-state index contributed by atoms with van der Waals surface area (Å²) in [7, 11) is 1.57. The van der Waals surface area contributed by atoms with Crippen LogP contribution < -0.4 is 9.47 Å². The molecule has 1 atom stereocenters.